The summed E-state index contributed by atoms with van der Waals surface area (Å²) >= 11 is 0. The minimum atomic E-state index is -0.00604. The number of rotatable bonds is 5. The predicted octanol–water partition coefficient (Wildman–Crippen LogP) is 2.18. The van der Waals surface area contributed by atoms with Crippen LogP contribution in [0, 0.1) is 0 Å². The number of pyridine rings is 1. The van der Waals surface area contributed by atoms with Gasteiger partial charge in [0.1, 0.15) is 0 Å². The predicted molar refractivity (Wildman–Crippen MR) is 126 cm³/mol. The topological polar surface area (TPSA) is 74.6 Å². The number of carbonyl (C=O) groups is 2. The highest BCUT2D eigenvalue weighted by atomic mass is 16.2. The second-order valence-electron chi connectivity index (χ2n) is 8.45. The van der Waals surface area contributed by atoms with Crippen LogP contribution in [0.3, 0.4) is 0 Å². The van der Waals surface area contributed by atoms with E-state index >= 15 is 0 Å². The quantitative estimate of drug-likeness (QED) is 0.603. The van der Waals surface area contributed by atoms with Crippen LogP contribution in [0.1, 0.15) is 28.5 Å². The number of fused-ring (bicyclic) bond motifs is 1. The van der Waals surface area contributed by atoms with E-state index in [4.69, 9.17) is 0 Å². The monoisotopic (exact) mass is 444 g/mol. The van der Waals surface area contributed by atoms with Crippen molar-refractivity contribution in [3.63, 3.8) is 0 Å². The molecule has 0 aliphatic carbocycles. The molecular formula is C25H28N6O2. The fourth-order valence-corrected chi connectivity index (χ4v) is 4.72. The number of aromatic nitrogens is 3. The van der Waals surface area contributed by atoms with E-state index < -0.39 is 0 Å². The molecule has 2 aliphatic rings. The second-order valence-corrected chi connectivity index (χ2v) is 8.45. The summed E-state index contributed by atoms with van der Waals surface area (Å²) in [5.41, 5.74) is 3.76. The highest BCUT2D eigenvalue weighted by Gasteiger charge is 2.29. The molecule has 1 aromatic carbocycles. The van der Waals surface area contributed by atoms with Gasteiger partial charge in [-0.2, -0.15) is 5.10 Å². The molecule has 33 heavy (non-hydrogen) atoms. The molecule has 0 N–H and O–H groups in total. The van der Waals surface area contributed by atoms with E-state index in [-0.39, 0.29) is 11.8 Å². The Morgan fingerprint density at radius 3 is 2.52 bits per heavy atom. The number of hydrogen-bond donors (Lipinski definition) is 0. The number of anilines is 1. The normalized spacial score (nSPS) is 16.2. The summed E-state index contributed by atoms with van der Waals surface area (Å²) in [6, 6.07) is 13.8. The molecular weight excluding hydrogens is 416 g/mol. The number of amides is 2. The molecule has 0 unspecified atom stereocenters. The van der Waals surface area contributed by atoms with Crippen molar-refractivity contribution in [2.75, 3.05) is 44.2 Å². The van der Waals surface area contributed by atoms with Crippen molar-refractivity contribution in [3.05, 3.63) is 71.7 Å². The lowest BCUT2D eigenvalue weighted by molar-refractivity contribution is -0.120. The van der Waals surface area contributed by atoms with Gasteiger partial charge in [0.15, 0.2) is 5.82 Å². The maximum atomic E-state index is 13.3. The van der Waals surface area contributed by atoms with Crippen molar-refractivity contribution in [1.82, 2.24) is 24.6 Å². The van der Waals surface area contributed by atoms with Crippen LogP contribution in [0.25, 0.3) is 5.82 Å². The van der Waals surface area contributed by atoms with E-state index in [1.807, 2.05) is 53.1 Å². The van der Waals surface area contributed by atoms with Gasteiger partial charge in [-0.1, -0.05) is 31.2 Å². The Hall–Kier alpha value is -3.52. The molecule has 5 rings (SSSR count). The number of carbonyl (C=O) groups excluding carboxylic acids is 2. The zero-order valence-electron chi connectivity index (χ0n) is 18.9. The summed E-state index contributed by atoms with van der Waals surface area (Å²) in [5, 5.41) is 4.44. The summed E-state index contributed by atoms with van der Waals surface area (Å²) in [6.07, 6.45) is 4.97. The lowest BCUT2D eigenvalue weighted by Crippen LogP contribution is -2.51. The third-order valence-corrected chi connectivity index (χ3v) is 6.51. The molecule has 0 atom stereocenters. The SMILES string of the molecule is CCc1c(C(=O)N2CCN(CC(=O)N3CCc4ccccc43)CC2)cnn1-c1ccccn1. The minimum Gasteiger partial charge on any atom is -0.336 e. The summed E-state index contributed by atoms with van der Waals surface area (Å²) < 4.78 is 1.75. The molecule has 8 nitrogen and oxygen atoms in total. The number of para-hydroxylation sites is 1. The fraction of sp³-hybridized carbons (Fsp3) is 0.360. The fourth-order valence-electron chi connectivity index (χ4n) is 4.72. The van der Waals surface area contributed by atoms with E-state index in [0.29, 0.717) is 50.5 Å². The van der Waals surface area contributed by atoms with Gasteiger partial charge in [-0.3, -0.25) is 14.5 Å². The summed E-state index contributed by atoms with van der Waals surface area (Å²) in [7, 11) is 0. The third-order valence-electron chi connectivity index (χ3n) is 6.51. The molecule has 0 saturated carbocycles. The molecule has 2 aliphatic heterocycles. The van der Waals surface area contributed by atoms with E-state index in [2.05, 4.69) is 21.0 Å². The molecule has 2 amide bonds. The van der Waals surface area contributed by atoms with Gasteiger partial charge in [-0.15, -0.1) is 0 Å². The first kappa shape index (κ1) is 21.3. The first-order valence-electron chi connectivity index (χ1n) is 11.5. The van der Waals surface area contributed by atoms with Gasteiger partial charge in [0.05, 0.1) is 24.0 Å². The van der Waals surface area contributed by atoms with Crippen LogP contribution in [-0.2, 0) is 17.6 Å². The first-order valence-corrected chi connectivity index (χ1v) is 11.5. The van der Waals surface area contributed by atoms with Crippen LogP contribution in [0.15, 0.2) is 54.9 Å². The lowest BCUT2D eigenvalue weighted by Gasteiger charge is -2.35. The van der Waals surface area contributed by atoms with E-state index in [0.717, 1.165) is 24.3 Å². The Morgan fingerprint density at radius 2 is 1.76 bits per heavy atom. The molecule has 0 bridgehead atoms. The average Bonchev–Trinajstić information content (AvgIpc) is 3.49. The van der Waals surface area contributed by atoms with Gasteiger partial charge in [0.25, 0.3) is 5.91 Å². The molecule has 2 aromatic heterocycles. The molecule has 3 aromatic rings. The Bertz CT molecular complexity index is 1150. The standard InChI is InChI=1S/C25H28N6O2/c1-2-21-20(17-27-31(21)23-9-5-6-11-26-23)25(33)29-15-13-28(14-16-29)18-24(32)30-12-10-19-7-3-4-8-22(19)30/h3-9,11,17H,2,10,12-16,18H2,1H3. The Morgan fingerprint density at radius 1 is 0.970 bits per heavy atom. The van der Waals surface area contributed by atoms with Crippen LogP contribution in [0.4, 0.5) is 5.69 Å². The van der Waals surface area contributed by atoms with Crippen molar-refractivity contribution in [1.29, 1.82) is 0 Å². The molecule has 1 fully saturated rings. The molecule has 170 valence electrons. The minimum absolute atomic E-state index is 0.00604. The van der Waals surface area contributed by atoms with Gasteiger partial charge in [-0.25, -0.2) is 9.67 Å². The summed E-state index contributed by atoms with van der Waals surface area (Å²) in [6.45, 7) is 5.71. The Kier molecular flexibility index (Phi) is 5.92. The average molecular weight is 445 g/mol. The Balaban J connectivity index is 1.21. The highest BCUT2D eigenvalue weighted by molar-refractivity contribution is 5.97. The van der Waals surface area contributed by atoms with E-state index in [1.165, 1.54) is 5.56 Å². The van der Waals surface area contributed by atoms with Crippen molar-refractivity contribution in [2.24, 2.45) is 0 Å². The zero-order valence-corrected chi connectivity index (χ0v) is 18.9. The van der Waals surface area contributed by atoms with Gasteiger partial charge in [-0.05, 0) is 36.6 Å². The number of hydrogen-bond acceptors (Lipinski definition) is 5. The van der Waals surface area contributed by atoms with Crippen LogP contribution >= 0.6 is 0 Å². The van der Waals surface area contributed by atoms with Crippen molar-refractivity contribution >= 4 is 17.5 Å². The molecule has 4 heterocycles. The van der Waals surface area contributed by atoms with Crippen molar-refractivity contribution in [2.45, 2.75) is 19.8 Å². The number of benzene rings is 1. The summed E-state index contributed by atoms with van der Waals surface area (Å²) in [5.74, 6) is 0.832. The summed E-state index contributed by atoms with van der Waals surface area (Å²) in [4.78, 5) is 36.4. The lowest BCUT2D eigenvalue weighted by atomic mass is 10.1. The van der Waals surface area contributed by atoms with Gasteiger partial charge < -0.3 is 9.80 Å². The second kappa shape index (κ2) is 9.15. The van der Waals surface area contributed by atoms with Crippen LogP contribution in [0.5, 0.6) is 0 Å². The smallest absolute Gasteiger partial charge is 0.257 e. The van der Waals surface area contributed by atoms with Crippen molar-refractivity contribution < 1.29 is 9.59 Å². The largest absolute Gasteiger partial charge is 0.336 e. The van der Waals surface area contributed by atoms with Crippen LogP contribution < -0.4 is 4.90 Å². The number of piperazine rings is 1. The van der Waals surface area contributed by atoms with E-state index in [9.17, 15) is 9.59 Å². The van der Waals surface area contributed by atoms with Gasteiger partial charge >= 0.3 is 0 Å². The molecule has 0 radical (unpaired) electrons. The molecule has 8 heteroatoms. The van der Waals surface area contributed by atoms with E-state index in [1.54, 1.807) is 17.1 Å². The van der Waals surface area contributed by atoms with Crippen molar-refractivity contribution in [3.8, 4) is 5.82 Å². The highest BCUT2D eigenvalue weighted by Crippen LogP contribution is 2.27. The molecule has 1 saturated heterocycles. The van der Waals surface area contributed by atoms with Gasteiger partial charge in [0, 0.05) is 44.6 Å². The Labute approximate surface area is 193 Å². The maximum Gasteiger partial charge on any atom is 0.257 e. The number of nitrogens with zero attached hydrogens (tertiary/aromatic N) is 6. The maximum absolute atomic E-state index is 13.3. The van der Waals surface area contributed by atoms with Crippen LogP contribution in [-0.4, -0.2) is 75.6 Å². The first-order chi connectivity index (χ1) is 16.2. The van der Waals surface area contributed by atoms with Gasteiger partial charge in [0.2, 0.25) is 5.91 Å². The third kappa shape index (κ3) is 4.14. The zero-order chi connectivity index (χ0) is 22.8. The van der Waals surface area contributed by atoms with Crippen LogP contribution in [0.2, 0.25) is 0 Å². The molecule has 0 spiro atoms.